The molecule has 0 rings (SSSR count). The van der Waals surface area contributed by atoms with Gasteiger partial charge in [0, 0.05) is 0 Å². The lowest BCUT2D eigenvalue weighted by Gasteiger charge is -2.16. The normalized spacial score (nSPS) is 11.4. The molecule has 0 aromatic heterocycles. The lowest BCUT2D eigenvalue weighted by molar-refractivity contribution is 0.373. The van der Waals surface area contributed by atoms with Crippen molar-refractivity contribution in [1.29, 1.82) is 0 Å². The van der Waals surface area contributed by atoms with Crippen LogP contribution in [0.5, 0.6) is 0 Å². The number of rotatable bonds is 15. The van der Waals surface area contributed by atoms with Gasteiger partial charge in [0.25, 0.3) is 0 Å². The molecule has 1 radical (unpaired) electrons. The molecule has 0 N–H and O–H groups in total. The maximum atomic E-state index is 4.00. The highest BCUT2D eigenvalue weighted by Crippen LogP contribution is 2.23. The molecule has 0 nitrogen and oxygen atoms in total. The monoisotopic (exact) mass is 267 g/mol. The highest BCUT2D eigenvalue weighted by molar-refractivity contribution is 4.62. The van der Waals surface area contributed by atoms with E-state index < -0.39 is 0 Å². The van der Waals surface area contributed by atoms with Crippen LogP contribution in [0.2, 0.25) is 0 Å². The summed E-state index contributed by atoms with van der Waals surface area (Å²) in [7, 11) is 0. The average Bonchev–Trinajstić information content (AvgIpc) is 2.43. The Labute approximate surface area is 123 Å². The Bertz CT molecular complexity index is 136. The fraction of sp³-hybridized carbons (Fsp3) is 0.947. The zero-order chi connectivity index (χ0) is 14.2. The van der Waals surface area contributed by atoms with Gasteiger partial charge >= 0.3 is 0 Å². The first-order chi connectivity index (χ1) is 9.35. The van der Waals surface area contributed by atoms with Gasteiger partial charge in [-0.15, -0.1) is 0 Å². The topological polar surface area (TPSA) is 0 Å². The van der Waals surface area contributed by atoms with Crippen molar-refractivity contribution >= 4 is 0 Å². The third kappa shape index (κ3) is 14.2. The molecule has 0 heteroatoms. The molecule has 0 saturated heterocycles. The average molecular weight is 268 g/mol. The van der Waals surface area contributed by atoms with E-state index in [2.05, 4.69) is 20.8 Å². The Morgan fingerprint density at radius 2 is 1.00 bits per heavy atom. The van der Waals surface area contributed by atoms with E-state index in [9.17, 15) is 0 Å². The van der Waals surface area contributed by atoms with Gasteiger partial charge in [-0.25, -0.2) is 0 Å². The maximum absolute atomic E-state index is 4.00. The van der Waals surface area contributed by atoms with Gasteiger partial charge in [0.2, 0.25) is 0 Å². The quantitative estimate of drug-likeness (QED) is 0.272. The first-order valence-electron chi connectivity index (χ1n) is 9.14. The fourth-order valence-electron chi connectivity index (χ4n) is 2.94. The Morgan fingerprint density at radius 1 is 0.579 bits per heavy atom. The zero-order valence-corrected chi connectivity index (χ0v) is 13.9. The second kappa shape index (κ2) is 16.1. The van der Waals surface area contributed by atoms with Gasteiger partial charge in [-0.05, 0) is 5.92 Å². The Morgan fingerprint density at radius 3 is 1.42 bits per heavy atom. The van der Waals surface area contributed by atoms with Crippen LogP contribution in [-0.4, -0.2) is 0 Å². The van der Waals surface area contributed by atoms with Crippen LogP contribution in [0.1, 0.15) is 110 Å². The summed E-state index contributed by atoms with van der Waals surface area (Å²) in [5.74, 6) is 1.00. The molecule has 0 saturated carbocycles. The molecule has 0 unspecified atom stereocenters. The molecular formula is C19H39. The summed E-state index contributed by atoms with van der Waals surface area (Å²) in [5, 5.41) is 0. The zero-order valence-electron chi connectivity index (χ0n) is 13.9. The first kappa shape index (κ1) is 19.0. The Balaban J connectivity index is 3.57. The lowest BCUT2D eigenvalue weighted by Crippen LogP contribution is -2.01. The predicted molar refractivity (Wildman–Crippen MR) is 89.5 cm³/mol. The van der Waals surface area contributed by atoms with Crippen LogP contribution >= 0.6 is 0 Å². The summed E-state index contributed by atoms with van der Waals surface area (Å²) < 4.78 is 0. The smallest absolute Gasteiger partial charge is 0.0414 e. The molecule has 0 atom stereocenters. The van der Waals surface area contributed by atoms with E-state index in [-0.39, 0.29) is 0 Å². The van der Waals surface area contributed by atoms with Gasteiger partial charge in [0.15, 0.2) is 0 Å². The van der Waals surface area contributed by atoms with Gasteiger partial charge in [0.05, 0.1) is 0 Å². The minimum Gasteiger partial charge on any atom is -0.0654 e. The van der Waals surface area contributed by atoms with Crippen molar-refractivity contribution in [3.05, 3.63) is 6.92 Å². The first-order valence-corrected chi connectivity index (χ1v) is 9.14. The molecule has 19 heavy (non-hydrogen) atoms. The van der Waals surface area contributed by atoms with Gasteiger partial charge in [0.1, 0.15) is 0 Å². The molecule has 0 aliphatic heterocycles. The molecule has 0 amide bonds. The SMILES string of the molecule is [CH2]CCCC(CCCCCCC)CCCCCCC. The minimum absolute atomic E-state index is 1.00. The van der Waals surface area contributed by atoms with E-state index in [1.54, 1.807) is 0 Å². The standard InChI is InChI=1S/C19H39/c1-4-7-10-12-14-17-19(16-9-6-3)18-15-13-11-8-5-2/h19H,3-18H2,1-2H3. The summed E-state index contributed by atoms with van der Waals surface area (Å²) in [5.41, 5.74) is 0. The van der Waals surface area contributed by atoms with Crippen LogP contribution in [0.4, 0.5) is 0 Å². The summed E-state index contributed by atoms with van der Waals surface area (Å²) in [6.07, 6.45) is 21.2. The second-order valence-electron chi connectivity index (χ2n) is 6.27. The van der Waals surface area contributed by atoms with E-state index in [0.29, 0.717) is 0 Å². The predicted octanol–water partition coefficient (Wildman–Crippen LogP) is 7.33. The Hall–Kier alpha value is 0. The molecule has 0 heterocycles. The molecular weight excluding hydrogens is 228 g/mol. The maximum Gasteiger partial charge on any atom is -0.0414 e. The van der Waals surface area contributed by atoms with E-state index in [1.807, 2.05) is 0 Å². The largest absolute Gasteiger partial charge is 0.0654 e. The third-order valence-electron chi connectivity index (χ3n) is 4.29. The molecule has 0 aromatic carbocycles. The van der Waals surface area contributed by atoms with E-state index in [1.165, 1.54) is 89.9 Å². The summed E-state index contributed by atoms with van der Waals surface area (Å²) in [6.45, 7) is 8.60. The van der Waals surface area contributed by atoms with Gasteiger partial charge in [-0.2, -0.15) is 0 Å². The number of unbranched alkanes of at least 4 members (excludes halogenated alkanes) is 9. The van der Waals surface area contributed by atoms with E-state index in [4.69, 9.17) is 0 Å². The molecule has 0 aromatic rings. The number of hydrogen-bond acceptors (Lipinski definition) is 0. The molecule has 0 aliphatic carbocycles. The van der Waals surface area contributed by atoms with Crippen molar-refractivity contribution in [2.24, 2.45) is 5.92 Å². The van der Waals surface area contributed by atoms with Crippen LogP contribution in [0.25, 0.3) is 0 Å². The molecule has 0 fully saturated rings. The van der Waals surface area contributed by atoms with Gasteiger partial charge in [-0.1, -0.05) is 117 Å². The molecule has 115 valence electrons. The van der Waals surface area contributed by atoms with Crippen LogP contribution < -0.4 is 0 Å². The second-order valence-corrected chi connectivity index (χ2v) is 6.27. The van der Waals surface area contributed by atoms with Crippen LogP contribution in [0.15, 0.2) is 0 Å². The fourth-order valence-corrected chi connectivity index (χ4v) is 2.94. The van der Waals surface area contributed by atoms with E-state index in [0.717, 1.165) is 12.3 Å². The van der Waals surface area contributed by atoms with Crippen molar-refractivity contribution in [3.63, 3.8) is 0 Å². The summed E-state index contributed by atoms with van der Waals surface area (Å²) in [6, 6.07) is 0. The minimum atomic E-state index is 1.00. The summed E-state index contributed by atoms with van der Waals surface area (Å²) in [4.78, 5) is 0. The van der Waals surface area contributed by atoms with Gasteiger partial charge < -0.3 is 0 Å². The summed E-state index contributed by atoms with van der Waals surface area (Å²) >= 11 is 0. The molecule has 0 spiro atoms. The van der Waals surface area contributed by atoms with Crippen molar-refractivity contribution in [2.75, 3.05) is 0 Å². The molecule has 0 aliphatic rings. The van der Waals surface area contributed by atoms with Crippen molar-refractivity contribution in [2.45, 2.75) is 110 Å². The Kier molecular flexibility index (Phi) is 16.1. The molecule has 0 bridgehead atoms. The van der Waals surface area contributed by atoms with Crippen molar-refractivity contribution < 1.29 is 0 Å². The van der Waals surface area contributed by atoms with Gasteiger partial charge in [-0.3, -0.25) is 0 Å². The van der Waals surface area contributed by atoms with Crippen LogP contribution in [0.3, 0.4) is 0 Å². The van der Waals surface area contributed by atoms with E-state index >= 15 is 0 Å². The van der Waals surface area contributed by atoms with Crippen molar-refractivity contribution in [3.8, 4) is 0 Å². The lowest BCUT2D eigenvalue weighted by atomic mass is 9.90. The van der Waals surface area contributed by atoms with Crippen molar-refractivity contribution in [1.82, 2.24) is 0 Å². The van der Waals surface area contributed by atoms with Crippen LogP contribution in [0, 0.1) is 12.8 Å². The van der Waals surface area contributed by atoms with Crippen LogP contribution in [-0.2, 0) is 0 Å². The highest BCUT2D eigenvalue weighted by Gasteiger charge is 2.07. The number of hydrogen-bond donors (Lipinski definition) is 0. The third-order valence-corrected chi connectivity index (χ3v) is 4.29. The highest BCUT2D eigenvalue weighted by atomic mass is 14.1.